The van der Waals surface area contributed by atoms with Crippen molar-refractivity contribution in [3.8, 4) is 0 Å². The van der Waals surface area contributed by atoms with Gasteiger partial charge in [0.25, 0.3) is 11.8 Å². The van der Waals surface area contributed by atoms with Gasteiger partial charge in [-0.05, 0) is 47.6 Å². The molecule has 1 fully saturated rings. The molecule has 2 aliphatic rings. The summed E-state index contributed by atoms with van der Waals surface area (Å²) < 4.78 is 14.4. The number of rotatable bonds is 5. The Morgan fingerprint density at radius 3 is 2.43 bits per heavy atom. The van der Waals surface area contributed by atoms with Crippen molar-refractivity contribution in [2.24, 2.45) is 5.16 Å². The summed E-state index contributed by atoms with van der Waals surface area (Å²) >= 11 is 2.10. The van der Waals surface area contributed by atoms with Gasteiger partial charge in [0, 0.05) is 17.3 Å². The van der Waals surface area contributed by atoms with Crippen molar-refractivity contribution in [2.75, 3.05) is 11.1 Å². The summed E-state index contributed by atoms with van der Waals surface area (Å²) in [5, 5.41) is 16.7. The number of aromatic nitrogens is 2. The summed E-state index contributed by atoms with van der Waals surface area (Å²) in [6.45, 7) is 10.2. The van der Waals surface area contributed by atoms with E-state index in [0.717, 1.165) is 11.5 Å². The Balaban J connectivity index is 1.65. The summed E-state index contributed by atoms with van der Waals surface area (Å²) in [6.07, 6.45) is 0.833. The molecule has 3 N–H and O–H groups in total. The number of nitrogens with one attached hydrogen (secondary N) is 2. The van der Waals surface area contributed by atoms with E-state index in [9.17, 15) is 24.4 Å². The van der Waals surface area contributed by atoms with Crippen LogP contribution in [0.1, 0.15) is 47.4 Å². The fraction of sp³-hybridized carbons (Fsp3) is 0.550. The number of fused-ring (bicyclic) bond motifs is 1. The Kier molecular flexibility index (Phi) is 7.40. The Morgan fingerprint density at radius 2 is 1.83 bits per heavy atom. The Labute approximate surface area is 209 Å². The molecule has 1 aromatic rings. The lowest BCUT2D eigenvalue weighted by Gasteiger charge is -2.48. The van der Waals surface area contributed by atoms with Gasteiger partial charge in [-0.25, -0.2) is 9.59 Å². The first kappa shape index (κ1) is 26.4. The molecule has 2 atom stereocenters. The van der Waals surface area contributed by atoms with Crippen molar-refractivity contribution in [3.05, 3.63) is 17.6 Å². The zero-order valence-corrected chi connectivity index (χ0v) is 21.6. The third kappa shape index (κ3) is 6.28. The number of nitrogens with zero attached hydrogens (tertiary/aromatic N) is 4. The smallest absolute Gasteiger partial charge is 0.414 e. The van der Waals surface area contributed by atoms with Crippen LogP contribution >= 0.6 is 23.3 Å². The summed E-state index contributed by atoms with van der Waals surface area (Å²) in [5.74, 6) is -1.86. The molecule has 0 radical (unpaired) electrons. The Hall–Kier alpha value is -3.20. The third-order valence-electron chi connectivity index (χ3n) is 4.30. The maximum atomic E-state index is 12.8. The predicted octanol–water partition coefficient (Wildman–Crippen LogP) is 1.69. The van der Waals surface area contributed by atoms with Crippen LogP contribution in [0.2, 0.25) is 0 Å². The summed E-state index contributed by atoms with van der Waals surface area (Å²) in [6, 6.07) is -0.964. The maximum Gasteiger partial charge on any atom is 0.414 e. The van der Waals surface area contributed by atoms with E-state index in [4.69, 9.17) is 9.47 Å². The lowest BCUT2D eigenvalue weighted by Crippen LogP contribution is -2.70. The molecule has 3 heterocycles. The molecule has 3 amide bonds. The highest BCUT2D eigenvalue weighted by atomic mass is 32.2. The number of esters is 1. The lowest BCUT2D eigenvalue weighted by molar-refractivity contribution is -0.158. The Bertz CT molecular complexity index is 1100. The van der Waals surface area contributed by atoms with E-state index in [-0.39, 0.29) is 16.7 Å². The van der Waals surface area contributed by atoms with Crippen LogP contribution in [0.15, 0.2) is 16.9 Å². The molecular formula is C20H26N6O7S2. The molecular weight excluding hydrogens is 500 g/mol. The van der Waals surface area contributed by atoms with E-state index in [1.54, 1.807) is 47.6 Å². The molecule has 0 bridgehead atoms. The van der Waals surface area contributed by atoms with Crippen LogP contribution in [0.4, 0.5) is 9.93 Å². The van der Waals surface area contributed by atoms with Crippen LogP contribution < -0.4 is 10.6 Å². The maximum absolute atomic E-state index is 12.8. The number of ether oxygens (including phenoxy) is 2. The number of carbonyl (C=O) groups excluding carboxylic acids is 4. The number of hydrogen-bond acceptors (Lipinski definition) is 12. The second kappa shape index (κ2) is 9.81. The van der Waals surface area contributed by atoms with Crippen LogP contribution in [0.5, 0.6) is 0 Å². The average molecular weight is 527 g/mol. The first-order valence-electron chi connectivity index (χ1n) is 10.5. The minimum Gasteiger partial charge on any atom is -0.455 e. The lowest BCUT2D eigenvalue weighted by atomic mass is 10.0. The van der Waals surface area contributed by atoms with Crippen molar-refractivity contribution < 1.29 is 33.9 Å². The van der Waals surface area contributed by atoms with E-state index in [1.165, 1.54) is 16.7 Å². The van der Waals surface area contributed by atoms with Gasteiger partial charge in [0.15, 0.2) is 0 Å². The Morgan fingerprint density at radius 1 is 1.17 bits per heavy atom. The zero-order chi connectivity index (χ0) is 26.1. The van der Waals surface area contributed by atoms with Gasteiger partial charge in [0.05, 0.1) is 0 Å². The highest BCUT2D eigenvalue weighted by Crippen LogP contribution is 2.38. The average Bonchev–Trinajstić information content (AvgIpc) is 3.16. The fourth-order valence-corrected chi connectivity index (χ4v) is 4.77. The SMILES string of the molecule is CC(C)(C)OC(=O)Nc1nc(/C(=N\O)C(=O)N[C@@H]2C(=O)N3C(C(=O)OC(C)(C)C)=CCS[C@H]23)ns1. The summed E-state index contributed by atoms with van der Waals surface area (Å²) in [5.41, 5.74) is -1.89. The number of anilines is 1. The number of carbonyl (C=O) groups is 4. The predicted molar refractivity (Wildman–Crippen MR) is 127 cm³/mol. The molecule has 15 heteroatoms. The highest BCUT2D eigenvalue weighted by Gasteiger charge is 2.53. The molecule has 0 aromatic carbocycles. The van der Waals surface area contributed by atoms with Gasteiger partial charge in [-0.2, -0.15) is 9.36 Å². The van der Waals surface area contributed by atoms with Crippen LogP contribution in [-0.2, 0) is 23.9 Å². The van der Waals surface area contributed by atoms with E-state index >= 15 is 0 Å². The first-order chi connectivity index (χ1) is 16.2. The van der Waals surface area contributed by atoms with Crippen molar-refractivity contribution >= 4 is 58.0 Å². The molecule has 0 unspecified atom stereocenters. The molecule has 190 valence electrons. The normalized spacial score (nSPS) is 20.3. The minimum atomic E-state index is -0.964. The quantitative estimate of drug-likeness (QED) is 0.168. The second-order valence-corrected chi connectivity index (χ2v) is 11.4. The van der Waals surface area contributed by atoms with E-state index in [1.807, 2.05) is 0 Å². The zero-order valence-electron chi connectivity index (χ0n) is 19.9. The van der Waals surface area contributed by atoms with E-state index < -0.39 is 52.2 Å². The van der Waals surface area contributed by atoms with E-state index in [0.29, 0.717) is 5.75 Å². The minimum absolute atomic E-state index is 0.0177. The highest BCUT2D eigenvalue weighted by molar-refractivity contribution is 8.00. The third-order valence-corrected chi connectivity index (χ3v) is 6.12. The van der Waals surface area contributed by atoms with Crippen LogP contribution in [0.3, 0.4) is 0 Å². The molecule has 1 saturated heterocycles. The molecule has 0 spiro atoms. The molecule has 0 aliphatic carbocycles. The number of β-lactam (4-membered cyclic amide) rings is 1. The molecule has 1 aromatic heterocycles. The van der Waals surface area contributed by atoms with Gasteiger partial charge in [0.2, 0.25) is 16.7 Å². The topological polar surface area (TPSA) is 172 Å². The molecule has 2 aliphatic heterocycles. The van der Waals surface area contributed by atoms with Crippen molar-refractivity contribution in [1.29, 1.82) is 0 Å². The van der Waals surface area contributed by atoms with Gasteiger partial charge in [-0.15, -0.1) is 11.8 Å². The van der Waals surface area contributed by atoms with Crippen LogP contribution in [0.25, 0.3) is 0 Å². The number of amides is 3. The molecule has 35 heavy (non-hydrogen) atoms. The largest absolute Gasteiger partial charge is 0.455 e. The summed E-state index contributed by atoms with van der Waals surface area (Å²) in [4.78, 5) is 55.1. The van der Waals surface area contributed by atoms with Crippen molar-refractivity contribution in [2.45, 2.75) is 64.2 Å². The van der Waals surface area contributed by atoms with Crippen LogP contribution in [-0.4, -0.2) is 77.4 Å². The second-order valence-electron chi connectivity index (χ2n) is 9.47. The van der Waals surface area contributed by atoms with Crippen molar-refractivity contribution in [3.63, 3.8) is 0 Å². The van der Waals surface area contributed by atoms with Crippen LogP contribution in [0, 0.1) is 0 Å². The van der Waals surface area contributed by atoms with Gasteiger partial charge in [-0.3, -0.25) is 19.8 Å². The first-order valence-corrected chi connectivity index (χ1v) is 12.3. The standard InChI is InChI=1S/C20H26N6O7S2/c1-19(2,3)32-16(29)9-7-8-34-15-11(14(28)26(9)15)21-13(27)10(24-31)12-22-17(35-25-12)23-18(30)33-20(4,5)6/h7,11,15,31H,8H2,1-6H3,(H,21,27)(H,22,23,25,30)/b24-10+/t11-,15-/m1/s1. The van der Waals surface area contributed by atoms with Gasteiger partial charge in [-0.1, -0.05) is 5.16 Å². The van der Waals surface area contributed by atoms with Gasteiger partial charge < -0.3 is 20.0 Å². The monoisotopic (exact) mass is 526 g/mol. The number of hydrogen-bond donors (Lipinski definition) is 3. The summed E-state index contributed by atoms with van der Waals surface area (Å²) in [7, 11) is 0. The molecule has 0 saturated carbocycles. The van der Waals surface area contributed by atoms with Gasteiger partial charge in [0.1, 0.15) is 28.3 Å². The fourth-order valence-electron chi connectivity index (χ4n) is 3.02. The molecule has 3 rings (SSSR count). The number of oxime groups is 1. The number of thioether (sulfide) groups is 1. The van der Waals surface area contributed by atoms with Gasteiger partial charge >= 0.3 is 12.1 Å². The molecule has 13 nitrogen and oxygen atoms in total. The van der Waals surface area contributed by atoms with Crippen molar-refractivity contribution in [1.82, 2.24) is 19.6 Å². The van der Waals surface area contributed by atoms with E-state index in [2.05, 4.69) is 25.1 Å².